The molecule has 0 amide bonds. The fourth-order valence-electron chi connectivity index (χ4n) is 7.04. The van der Waals surface area contributed by atoms with Crippen LogP contribution in [0.1, 0.15) is 0 Å². The van der Waals surface area contributed by atoms with Crippen LogP contribution in [0.25, 0.3) is 92.1 Å². The number of hydrogen-bond acceptors (Lipinski definition) is 4. The Bertz CT molecular complexity index is 2790. The molecule has 0 aliphatic rings. The Kier molecular flexibility index (Phi) is 5.41. The lowest BCUT2D eigenvalue weighted by atomic mass is 10.00. The van der Waals surface area contributed by atoms with E-state index in [2.05, 4.69) is 119 Å². The van der Waals surface area contributed by atoms with E-state index < -0.39 is 0 Å². The lowest BCUT2D eigenvalue weighted by molar-refractivity contribution is 1.18. The zero-order chi connectivity index (χ0) is 30.2. The standard InChI is InChI=1S/C41H24N4S/c1-2-11-25(12-3-1)37-38-32(17-10-24-42-38)43-41(44-37)26-20-22-27(23-21-26)45-33-18-8-6-15-30(33)35-28-13-4-5-14-29(28)40-36(39(35)45)31-16-7-9-19-34(31)46-40/h1-24H. The first kappa shape index (κ1) is 25.4. The zero-order valence-electron chi connectivity index (χ0n) is 24.6. The van der Waals surface area contributed by atoms with Crippen molar-refractivity contribution in [3.8, 4) is 28.3 Å². The number of rotatable bonds is 3. The van der Waals surface area contributed by atoms with E-state index >= 15 is 0 Å². The number of fused-ring (bicyclic) bond motifs is 11. The molecule has 10 rings (SSSR count). The molecule has 4 nitrogen and oxygen atoms in total. The molecule has 4 aromatic heterocycles. The zero-order valence-corrected chi connectivity index (χ0v) is 25.4. The molecule has 0 N–H and O–H groups in total. The van der Waals surface area contributed by atoms with Gasteiger partial charge in [-0.2, -0.15) is 0 Å². The van der Waals surface area contributed by atoms with Crippen molar-refractivity contribution in [2.24, 2.45) is 0 Å². The van der Waals surface area contributed by atoms with Crippen molar-refractivity contribution in [3.05, 3.63) is 146 Å². The second-order valence-corrected chi connectivity index (χ2v) is 12.7. The van der Waals surface area contributed by atoms with E-state index in [1.54, 1.807) is 6.20 Å². The molecule has 0 atom stereocenters. The number of aromatic nitrogens is 4. The molecule has 46 heavy (non-hydrogen) atoms. The molecule has 0 aliphatic carbocycles. The summed E-state index contributed by atoms with van der Waals surface area (Å²) in [6, 6.07) is 49.3. The van der Waals surface area contributed by atoms with Crippen molar-refractivity contribution in [3.63, 3.8) is 0 Å². The van der Waals surface area contributed by atoms with Crippen molar-refractivity contribution in [1.82, 2.24) is 19.5 Å². The first-order valence-corrected chi connectivity index (χ1v) is 16.2. The minimum Gasteiger partial charge on any atom is -0.309 e. The SMILES string of the molecule is c1ccc(-c2nc(-c3ccc(-n4c5ccccc5c5c6ccccc6c6sc7ccccc7c6c54)cc3)nc3cccnc23)cc1. The van der Waals surface area contributed by atoms with Gasteiger partial charge in [0.25, 0.3) is 0 Å². The van der Waals surface area contributed by atoms with E-state index in [0.717, 1.165) is 33.5 Å². The highest BCUT2D eigenvalue weighted by atomic mass is 32.1. The van der Waals surface area contributed by atoms with Gasteiger partial charge in [-0.05, 0) is 53.9 Å². The van der Waals surface area contributed by atoms with Gasteiger partial charge in [0.2, 0.25) is 0 Å². The Labute approximate surface area is 267 Å². The molecule has 214 valence electrons. The average Bonchev–Trinajstić information content (AvgIpc) is 3.68. The summed E-state index contributed by atoms with van der Waals surface area (Å²) in [5.41, 5.74) is 8.01. The van der Waals surface area contributed by atoms with Gasteiger partial charge in [0.1, 0.15) is 11.2 Å². The summed E-state index contributed by atoms with van der Waals surface area (Å²) >= 11 is 1.88. The Morgan fingerprint density at radius 3 is 2.09 bits per heavy atom. The molecule has 0 aliphatic heterocycles. The van der Waals surface area contributed by atoms with Gasteiger partial charge in [0, 0.05) is 59.3 Å². The van der Waals surface area contributed by atoms with E-state index in [0.29, 0.717) is 5.82 Å². The number of hydrogen-bond donors (Lipinski definition) is 0. The number of nitrogens with zero attached hydrogens (tertiary/aromatic N) is 4. The summed E-state index contributed by atoms with van der Waals surface area (Å²) in [7, 11) is 0. The highest BCUT2D eigenvalue weighted by Gasteiger charge is 2.22. The molecule has 0 fully saturated rings. The first-order chi connectivity index (χ1) is 22.8. The second-order valence-electron chi connectivity index (χ2n) is 11.6. The molecule has 4 heterocycles. The Hall–Kier alpha value is -5.91. The van der Waals surface area contributed by atoms with Gasteiger partial charge in [-0.25, -0.2) is 9.97 Å². The van der Waals surface area contributed by atoms with Crippen LogP contribution in [0.15, 0.2) is 146 Å². The van der Waals surface area contributed by atoms with Crippen molar-refractivity contribution in [2.75, 3.05) is 0 Å². The van der Waals surface area contributed by atoms with E-state index in [1.807, 2.05) is 41.7 Å². The molecule has 0 radical (unpaired) electrons. The van der Waals surface area contributed by atoms with Crippen molar-refractivity contribution in [1.29, 1.82) is 0 Å². The van der Waals surface area contributed by atoms with Crippen LogP contribution in [0.5, 0.6) is 0 Å². The Morgan fingerprint density at radius 1 is 0.522 bits per heavy atom. The van der Waals surface area contributed by atoms with Crippen LogP contribution in [0, 0.1) is 0 Å². The normalized spacial score (nSPS) is 11.9. The highest BCUT2D eigenvalue weighted by Crippen LogP contribution is 2.47. The van der Waals surface area contributed by atoms with Crippen LogP contribution in [0.2, 0.25) is 0 Å². The Morgan fingerprint density at radius 2 is 1.24 bits per heavy atom. The molecule has 0 saturated carbocycles. The van der Waals surface area contributed by atoms with Crippen LogP contribution in [-0.2, 0) is 0 Å². The molecule has 10 aromatic rings. The quantitative estimate of drug-likeness (QED) is 0.201. The van der Waals surface area contributed by atoms with Crippen LogP contribution in [0.3, 0.4) is 0 Å². The minimum atomic E-state index is 0.685. The lowest BCUT2D eigenvalue weighted by Gasteiger charge is -2.12. The summed E-state index contributed by atoms with van der Waals surface area (Å²) in [6.45, 7) is 0. The van der Waals surface area contributed by atoms with E-state index in [-0.39, 0.29) is 0 Å². The average molecular weight is 605 g/mol. The number of para-hydroxylation sites is 1. The highest BCUT2D eigenvalue weighted by molar-refractivity contribution is 7.27. The summed E-state index contributed by atoms with van der Waals surface area (Å²) in [4.78, 5) is 14.6. The molecule has 5 heteroatoms. The minimum absolute atomic E-state index is 0.685. The lowest BCUT2D eigenvalue weighted by Crippen LogP contribution is -1.98. The van der Waals surface area contributed by atoms with Gasteiger partial charge >= 0.3 is 0 Å². The molecule has 0 unspecified atom stereocenters. The molecule has 6 aromatic carbocycles. The van der Waals surface area contributed by atoms with E-state index in [1.165, 1.54) is 52.8 Å². The third-order valence-corrected chi connectivity index (χ3v) is 10.2. The van der Waals surface area contributed by atoms with Gasteiger partial charge in [0.05, 0.1) is 16.6 Å². The third-order valence-electron chi connectivity index (χ3n) is 9.03. The first-order valence-electron chi connectivity index (χ1n) is 15.4. The molecule has 0 saturated heterocycles. The predicted octanol–water partition coefficient (Wildman–Crippen LogP) is 11.0. The molecule has 0 bridgehead atoms. The maximum atomic E-state index is 5.06. The monoisotopic (exact) mass is 604 g/mol. The molecule has 0 spiro atoms. The summed E-state index contributed by atoms with van der Waals surface area (Å²) < 4.78 is 5.08. The fraction of sp³-hybridized carbons (Fsp3) is 0. The van der Waals surface area contributed by atoms with Crippen molar-refractivity contribution >= 4 is 75.1 Å². The second kappa shape index (κ2) is 9.80. The van der Waals surface area contributed by atoms with E-state index in [9.17, 15) is 0 Å². The van der Waals surface area contributed by atoms with Crippen molar-refractivity contribution < 1.29 is 0 Å². The van der Waals surface area contributed by atoms with Gasteiger partial charge in [-0.3, -0.25) is 4.98 Å². The van der Waals surface area contributed by atoms with Crippen LogP contribution >= 0.6 is 11.3 Å². The van der Waals surface area contributed by atoms with Gasteiger partial charge in [-0.1, -0.05) is 91.0 Å². The maximum absolute atomic E-state index is 5.06. The van der Waals surface area contributed by atoms with Gasteiger partial charge < -0.3 is 4.57 Å². The van der Waals surface area contributed by atoms with E-state index in [4.69, 9.17) is 9.97 Å². The summed E-state index contributed by atoms with van der Waals surface area (Å²) in [6.07, 6.45) is 1.80. The molecular weight excluding hydrogens is 581 g/mol. The number of thiophene rings is 1. The maximum Gasteiger partial charge on any atom is 0.160 e. The van der Waals surface area contributed by atoms with Gasteiger partial charge in [0.15, 0.2) is 5.82 Å². The number of benzene rings is 6. The topological polar surface area (TPSA) is 43.6 Å². The fourth-order valence-corrected chi connectivity index (χ4v) is 8.28. The summed E-state index contributed by atoms with van der Waals surface area (Å²) in [5.74, 6) is 0.685. The number of pyridine rings is 1. The van der Waals surface area contributed by atoms with Crippen LogP contribution < -0.4 is 0 Å². The largest absolute Gasteiger partial charge is 0.309 e. The van der Waals surface area contributed by atoms with Crippen LogP contribution in [0.4, 0.5) is 0 Å². The molecular formula is C41H24N4S. The van der Waals surface area contributed by atoms with Gasteiger partial charge in [-0.15, -0.1) is 11.3 Å². The predicted molar refractivity (Wildman–Crippen MR) is 193 cm³/mol. The third kappa shape index (κ3) is 3.63. The Balaban J connectivity index is 1.25. The summed E-state index contributed by atoms with van der Waals surface area (Å²) in [5, 5.41) is 7.76. The smallest absolute Gasteiger partial charge is 0.160 e. The van der Waals surface area contributed by atoms with Crippen LogP contribution in [-0.4, -0.2) is 19.5 Å². The van der Waals surface area contributed by atoms with Crippen molar-refractivity contribution in [2.45, 2.75) is 0 Å².